The molecule has 2 aliphatic rings. The van der Waals surface area contributed by atoms with Crippen molar-refractivity contribution in [2.75, 3.05) is 18.9 Å². The van der Waals surface area contributed by atoms with E-state index in [-0.39, 0.29) is 30.2 Å². The van der Waals surface area contributed by atoms with Crippen molar-refractivity contribution < 1.29 is 23.1 Å². The molecule has 1 saturated heterocycles. The smallest absolute Gasteiger partial charge is 0.303 e. The van der Waals surface area contributed by atoms with Gasteiger partial charge in [0.1, 0.15) is 0 Å². The Morgan fingerprint density at radius 2 is 2.16 bits per heavy atom. The van der Waals surface area contributed by atoms with Crippen molar-refractivity contribution in [2.45, 2.75) is 44.6 Å². The molecule has 110 valence electrons. The maximum atomic E-state index is 11.8. The third-order valence-electron chi connectivity index (χ3n) is 3.99. The number of carboxylic acid groups (broad SMARTS) is 1. The number of carbonyl (C=O) groups is 1. The molecule has 0 aromatic heterocycles. The van der Waals surface area contributed by atoms with Crippen molar-refractivity contribution in [3.05, 3.63) is 0 Å². The molecule has 0 aromatic rings. The molecular formula is C12H21NO5S. The minimum atomic E-state index is -3.37. The van der Waals surface area contributed by atoms with Crippen molar-refractivity contribution in [3.63, 3.8) is 0 Å². The van der Waals surface area contributed by atoms with Gasteiger partial charge in [0.15, 0.2) is 0 Å². The highest BCUT2D eigenvalue weighted by molar-refractivity contribution is 7.89. The highest BCUT2D eigenvalue weighted by atomic mass is 32.2. The lowest BCUT2D eigenvalue weighted by Gasteiger charge is -2.36. The quantitative estimate of drug-likeness (QED) is 0.675. The van der Waals surface area contributed by atoms with Crippen LogP contribution in [0.2, 0.25) is 0 Å². The Kier molecular flexibility index (Phi) is 4.47. The summed E-state index contributed by atoms with van der Waals surface area (Å²) in [4.78, 5) is 10.3. The molecule has 1 spiro atoms. The lowest BCUT2D eigenvalue weighted by atomic mass is 9.68. The normalized spacial score (nSPS) is 25.4. The molecule has 0 radical (unpaired) electrons. The highest BCUT2D eigenvalue weighted by Gasteiger charge is 2.45. The molecule has 1 unspecified atom stereocenters. The van der Waals surface area contributed by atoms with Crippen LogP contribution in [0.3, 0.4) is 0 Å². The molecule has 1 atom stereocenters. The van der Waals surface area contributed by atoms with Crippen LogP contribution in [-0.4, -0.2) is 44.5 Å². The van der Waals surface area contributed by atoms with Gasteiger partial charge in [-0.2, -0.15) is 0 Å². The molecule has 0 aromatic carbocycles. The number of hydrogen-bond donors (Lipinski definition) is 2. The van der Waals surface area contributed by atoms with Crippen LogP contribution < -0.4 is 4.72 Å². The Balaban J connectivity index is 1.70. The molecule has 2 fully saturated rings. The predicted octanol–water partition coefficient (Wildman–Crippen LogP) is 0.730. The minimum Gasteiger partial charge on any atom is -0.481 e. The van der Waals surface area contributed by atoms with E-state index in [1.54, 1.807) is 0 Å². The molecule has 1 saturated carbocycles. The monoisotopic (exact) mass is 291 g/mol. The Morgan fingerprint density at radius 3 is 2.68 bits per heavy atom. The first-order chi connectivity index (χ1) is 8.91. The summed E-state index contributed by atoms with van der Waals surface area (Å²) in [6.07, 6.45) is 4.43. The summed E-state index contributed by atoms with van der Waals surface area (Å²) in [6, 6.07) is 0. The summed E-state index contributed by atoms with van der Waals surface area (Å²) in [5.41, 5.74) is 0.253. The lowest BCUT2D eigenvalue weighted by molar-refractivity contribution is -0.137. The number of aliphatic carboxylic acids is 1. The van der Waals surface area contributed by atoms with Crippen LogP contribution in [0.1, 0.15) is 38.5 Å². The first-order valence-corrected chi connectivity index (χ1v) is 8.37. The van der Waals surface area contributed by atoms with Crippen LogP contribution in [0.5, 0.6) is 0 Å². The second-order valence-electron chi connectivity index (χ2n) is 5.66. The molecule has 0 bridgehead atoms. The zero-order chi connectivity index (χ0) is 13.9. The van der Waals surface area contributed by atoms with Gasteiger partial charge in [-0.05, 0) is 31.1 Å². The third-order valence-corrected chi connectivity index (χ3v) is 5.45. The second-order valence-corrected chi connectivity index (χ2v) is 7.52. The van der Waals surface area contributed by atoms with E-state index in [0.29, 0.717) is 13.0 Å². The largest absolute Gasteiger partial charge is 0.481 e. The first kappa shape index (κ1) is 14.7. The van der Waals surface area contributed by atoms with E-state index in [2.05, 4.69) is 4.72 Å². The topological polar surface area (TPSA) is 92.7 Å². The Hall–Kier alpha value is -0.660. The van der Waals surface area contributed by atoms with Crippen LogP contribution >= 0.6 is 0 Å². The van der Waals surface area contributed by atoms with Gasteiger partial charge in [-0.25, -0.2) is 13.1 Å². The molecule has 19 heavy (non-hydrogen) atoms. The fourth-order valence-corrected chi connectivity index (χ4v) is 4.08. The Bertz CT molecular complexity index is 429. The standard InChI is InChI=1S/C12H21NO5S/c14-11(15)3-1-6-13-19(16,17)8-10-7-12(9-18-10)4-2-5-12/h10,13H,1-9H2,(H,14,15). The summed E-state index contributed by atoms with van der Waals surface area (Å²) in [5.74, 6) is -0.924. The van der Waals surface area contributed by atoms with Gasteiger partial charge >= 0.3 is 5.97 Å². The number of hydrogen-bond acceptors (Lipinski definition) is 4. The lowest BCUT2D eigenvalue weighted by Crippen LogP contribution is -2.34. The number of nitrogens with one attached hydrogen (secondary N) is 1. The van der Waals surface area contributed by atoms with E-state index in [4.69, 9.17) is 9.84 Å². The fraction of sp³-hybridized carbons (Fsp3) is 0.917. The maximum Gasteiger partial charge on any atom is 0.303 e. The maximum absolute atomic E-state index is 11.8. The van der Waals surface area contributed by atoms with E-state index in [9.17, 15) is 13.2 Å². The number of rotatable bonds is 7. The van der Waals surface area contributed by atoms with Gasteiger partial charge in [0.2, 0.25) is 10.0 Å². The summed E-state index contributed by atoms with van der Waals surface area (Å²) in [5, 5.41) is 8.47. The first-order valence-electron chi connectivity index (χ1n) is 6.72. The van der Waals surface area contributed by atoms with Gasteiger partial charge < -0.3 is 9.84 Å². The molecule has 2 rings (SSSR count). The number of sulfonamides is 1. The second kappa shape index (κ2) is 5.76. The molecule has 1 heterocycles. The average molecular weight is 291 g/mol. The Labute approximate surface area is 113 Å². The summed E-state index contributed by atoms with van der Waals surface area (Å²) < 4.78 is 31.6. The Morgan fingerprint density at radius 1 is 1.42 bits per heavy atom. The third kappa shape index (κ3) is 4.15. The summed E-state index contributed by atoms with van der Waals surface area (Å²) >= 11 is 0. The summed E-state index contributed by atoms with van der Waals surface area (Å²) in [7, 11) is -3.37. The van der Waals surface area contributed by atoms with Crippen molar-refractivity contribution in [1.82, 2.24) is 4.72 Å². The van der Waals surface area contributed by atoms with E-state index < -0.39 is 16.0 Å². The van der Waals surface area contributed by atoms with Gasteiger partial charge in [0.25, 0.3) is 0 Å². The van der Waals surface area contributed by atoms with E-state index in [1.165, 1.54) is 6.42 Å². The van der Waals surface area contributed by atoms with Crippen LogP contribution in [-0.2, 0) is 19.6 Å². The highest BCUT2D eigenvalue weighted by Crippen LogP contribution is 2.49. The van der Waals surface area contributed by atoms with Gasteiger partial charge in [-0.1, -0.05) is 6.42 Å². The SMILES string of the molecule is O=C(O)CCCNS(=O)(=O)CC1CC2(CCC2)CO1. The van der Waals surface area contributed by atoms with Gasteiger partial charge in [0.05, 0.1) is 18.5 Å². The van der Waals surface area contributed by atoms with Crippen molar-refractivity contribution in [2.24, 2.45) is 5.41 Å². The molecule has 2 N–H and O–H groups in total. The van der Waals surface area contributed by atoms with Crippen LogP contribution in [0, 0.1) is 5.41 Å². The van der Waals surface area contributed by atoms with E-state index in [1.807, 2.05) is 0 Å². The van der Waals surface area contributed by atoms with Gasteiger partial charge in [-0.3, -0.25) is 4.79 Å². The van der Waals surface area contributed by atoms with Crippen molar-refractivity contribution >= 4 is 16.0 Å². The zero-order valence-corrected chi connectivity index (χ0v) is 11.7. The fourth-order valence-electron chi connectivity index (χ4n) is 2.80. The zero-order valence-electron chi connectivity index (χ0n) is 10.9. The molecule has 1 aliphatic heterocycles. The van der Waals surface area contributed by atoms with Crippen molar-refractivity contribution in [1.29, 1.82) is 0 Å². The molecule has 7 heteroatoms. The van der Waals surface area contributed by atoms with Crippen molar-refractivity contribution in [3.8, 4) is 0 Å². The number of ether oxygens (including phenoxy) is 1. The van der Waals surface area contributed by atoms with E-state index >= 15 is 0 Å². The van der Waals surface area contributed by atoms with E-state index in [0.717, 1.165) is 19.3 Å². The predicted molar refractivity (Wildman–Crippen MR) is 69.3 cm³/mol. The van der Waals surface area contributed by atoms with Gasteiger partial charge in [0, 0.05) is 13.0 Å². The van der Waals surface area contributed by atoms with Crippen LogP contribution in [0.4, 0.5) is 0 Å². The number of carboxylic acids is 1. The van der Waals surface area contributed by atoms with Gasteiger partial charge in [-0.15, -0.1) is 0 Å². The summed E-state index contributed by atoms with van der Waals surface area (Å²) in [6.45, 7) is 0.860. The molecule has 6 nitrogen and oxygen atoms in total. The van der Waals surface area contributed by atoms with Crippen LogP contribution in [0.25, 0.3) is 0 Å². The molecule has 0 amide bonds. The molecular weight excluding hydrogens is 270 g/mol. The molecule has 1 aliphatic carbocycles. The minimum absolute atomic E-state index is 0.0121. The average Bonchev–Trinajstić information content (AvgIpc) is 2.67. The van der Waals surface area contributed by atoms with Crippen LogP contribution in [0.15, 0.2) is 0 Å².